The summed E-state index contributed by atoms with van der Waals surface area (Å²) < 4.78 is 12.7. The molecule has 1 aromatic heterocycles. The highest BCUT2D eigenvalue weighted by Crippen LogP contribution is 2.31. The second-order valence-electron chi connectivity index (χ2n) is 8.81. The van der Waals surface area contributed by atoms with Crippen molar-refractivity contribution in [2.75, 3.05) is 37.8 Å². The quantitative estimate of drug-likeness (QED) is 0.271. The summed E-state index contributed by atoms with van der Waals surface area (Å²) >= 11 is 1.18. The molecule has 1 fully saturated rings. The summed E-state index contributed by atoms with van der Waals surface area (Å²) in [4.78, 5) is 45.1. The topological polar surface area (TPSA) is 116 Å². The predicted octanol–water partition coefficient (Wildman–Crippen LogP) is 2.54. The van der Waals surface area contributed by atoms with Crippen LogP contribution in [0, 0.1) is 10.1 Å². The number of nitrogens with zero attached hydrogens (tertiary/aromatic N) is 4. The Bertz CT molecular complexity index is 1600. The lowest BCUT2D eigenvalue weighted by Gasteiger charge is -2.30. The van der Waals surface area contributed by atoms with Gasteiger partial charge in [-0.05, 0) is 31.6 Å². The summed E-state index contributed by atoms with van der Waals surface area (Å²) in [6.45, 7) is 6.02. The predicted molar refractivity (Wildman–Crippen MR) is 143 cm³/mol. The molecular weight excluding hydrogens is 508 g/mol. The van der Waals surface area contributed by atoms with E-state index in [0.717, 1.165) is 11.3 Å². The van der Waals surface area contributed by atoms with Crippen LogP contribution in [-0.2, 0) is 14.3 Å². The van der Waals surface area contributed by atoms with E-state index >= 15 is 0 Å². The molecule has 0 bridgehead atoms. The maximum Gasteiger partial charge on any atom is 0.338 e. The van der Waals surface area contributed by atoms with Crippen molar-refractivity contribution < 1.29 is 19.2 Å². The molecule has 3 heterocycles. The third kappa shape index (κ3) is 4.77. The van der Waals surface area contributed by atoms with Gasteiger partial charge in [-0.15, -0.1) is 0 Å². The van der Waals surface area contributed by atoms with Gasteiger partial charge in [0.2, 0.25) is 0 Å². The molecule has 0 saturated carbocycles. The van der Waals surface area contributed by atoms with Crippen molar-refractivity contribution in [2.45, 2.75) is 19.9 Å². The van der Waals surface area contributed by atoms with E-state index in [1.165, 1.54) is 28.0 Å². The Kier molecular flexibility index (Phi) is 7.21. The van der Waals surface area contributed by atoms with Crippen molar-refractivity contribution in [3.8, 4) is 0 Å². The second kappa shape index (κ2) is 10.7. The molecule has 0 spiro atoms. The number of hydrogen-bond acceptors (Lipinski definition) is 9. The molecule has 1 atom stereocenters. The van der Waals surface area contributed by atoms with Crippen LogP contribution in [0.1, 0.15) is 31.0 Å². The van der Waals surface area contributed by atoms with Gasteiger partial charge < -0.3 is 14.4 Å². The number of allylic oxidation sites excluding steroid dienone is 1. The van der Waals surface area contributed by atoms with E-state index in [0.29, 0.717) is 52.5 Å². The van der Waals surface area contributed by atoms with Gasteiger partial charge in [0.25, 0.3) is 11.2 Å². The van der Waals surface area contributed by atoms with Gasteiger partial charge in [-0.25, -0.2) is 9.79 Å². The third-order valence-corrected chi connectivity index (χ3v) is 7.48. The average Bonchev–Trinajstić information content (AvgIpc) is 3.22. The van der Waals surface area contributed by atoms with Crippen LogP contribution >= 0.6 is 11.3 Å². The van der Waals surface area contributed by atoms with Gasteiger partial charge in [0.1, 0.15) is 0 Å². The minimum Gasteiger partial charge on any atom is -0.463 e. The lowest BCUT2D eigenvalue weighted by atomic mass is 9.96. The SMILES string of the molecule is CCOC(=O)C1=C(C)N=c2s/c(=C/c3cc([N+](=O)[O-])ccc3N3CCOCC3)c(=O)n2[C@@H]1c1ccccc1. The van der Waals surface area contributed by atoms with Gasteiger partial charge >= 0.3 is 5.97 Å². The zero-order valence-electron chi connectivity index (χ0n) is 21.0. The number of benzene rings is 2. The Morgan fingerprint density at radius 2 is 1.97 bits per heavy atom. The largest absolute Gasteiger partial charge is 0.463 e. The van der Waals surface area contributed by atoms with Crippen molar-refractivity contribution in [1.29, 1.82) is 0 Å². The molecule has 38 heavy (non-hydrogen) atoms. The molecule has 196 valence electrons. The van der Waals surface area contributed by atoms with E-state index in [2.05, 4.69) is 9.89 Å². The Hall–Kier alpha value is -4.09. The van der Waals surface area contributed by atoms with Gasteiger partial charge in [-0.3, -0.25) is 19.5 Å². The Labute approximate surface area is 221 Å². The fourth-order valence-electron chi connectivity index (χ4n) is 4.75. The highest BCUT2D eigenvalue weighted by molar-refractivity contribution is 7.07. The molecule has 3 aromatic rings. The van der Waals surface area contributed by atoms with E-state index in [-0.39, 0.29) is 17.9 Å². The molecule has 0 radical (unpaired) electrons. The van der Waals surface area contributed by atoms with Crippen molar-refractivity contribution >= 4 is 34.8 Å². The highest BCUT2D eigenvalue weighted by atomic mass is 32.1. The molecule has 0 amide bonds. The van der Waals surface area contributed by atoms with Crippen LogP contribution in [0.5, 0.6) is 0 Å². The monoisotopic (exact) mass is 534 g/mol. The summed E-state index contributed by atoms with van der Waals surface area (Å²) in [7, 11) is 0. The van der Waals surface area contributed by atoms with E-state index in [1.54, 1.807) is 26.0 Å². The van der Waals surface area contributed by atoms with Crippen molar-refractivity contribution in [3.05, 3.63) is 101 Å². The van der Waals surface area contributed by atoms with Gasteiger partial charge in [-0.1, -0.05) is 41.7 Å². The number of aromatic nitrogens is 1. The van der Waals surface area contributed by atoms with Crippen LogP contribution in [0.15, 0.2) is 69.6 Å². The Morgan fingerprint density at radius 3 is 2.66 bits per heavy atom. The maximum atomic E-state index is 13.9. The first-order valence-corrected chi connectivity index (χ1v) is 13.1. The van der Waals surface area contributed by atoms with Crippen molar-refractivity contribution in [3.63, 3.8) is 0 Å². The van der Waals surface area contributed by atoms with Gasteiger partial charge in [0, 0.05) is 36.5 Å². The van der Waals surface area contributed by atoms with Gasteiger partial charge in [0.05, 0.1) is 46.6 Å². The second-order valence-corrected chi connectivity index (χ2v) is 9.82. The zero-order valence-corrected chi connectivity index (χ0v) is 21.8. The van der Waals surface area contributed by atoms with Crippen LogP contribution in [0.3, 0.4) is 0 Å². The molecule has 2 aliphatic heterocycles. The average molecular weight is 535 g/mol. The first-order valence-electron chi connectivity index (χ1n) is 12.2. The highest BCUT2D eigenvalue weighted by Gasteiger charge is 2.33. The number of nitro benzene ring substituents is 1. The van der Waals surface area contributed by atoms with E-state index < -0.39 is 16.9 Å². The molecule has 0 N–H and O–H groups in total. The first-order chi connectivity index (χ1) is 18.4. The minimum atomic E-state index is -0.711. The van der Waals surface area contributed by atoms with E-state index in [4.69, 9.17) is 9.47 Å². The van der Waals surface area contributed by atoms with Crippen LogP contribution in [0.25, 0.3) is 6.08 Å². The molecule has 0 aliphatic carbocycles. The number of rotatable bonds is 6. The summed E-state index contributed by atoms with van der Waals surface area (Å²) in [5, 5.41) is 11.5. The Balaban J connectivity index is 1.71. The fraction of sp³-hybridized carbons (Fsp3) is 0.296. The zero-order chi connectivity index (χ0) is 26.8. The number of anilines is 1. The van der Waals surface area contributed by atoms with E-state index in [9.17, 15) is 19.7 Å². The number of thiazole rings is 1. The molecule has 0 unspecified atom stereocenters. The van der Waals surface area contributed by atoms with Gasteiger partial charge in [-0.2, -0.15) is 0 Å². The normalized spacial score (nSPS) is 17.7. The summed E-state index contributed by atoms with van der Waals surface area (Å²) in [6.07, 6.45) is 1.67. The molecule has 11 heteroatoms. The summed E-state index contributed by atoms with van der Waals surface area (Å²) in [6, 6.07) is 13.2. The van der Waals surface area contributed by atoms with Crippen molar-refractivity contribution in [1.82, 2.24) is 4.57 Å². The standard InChI is InChI=1S/C27H26N4O6S/c1-3-37-26(33)23-17(2)28-27-30(24(23)18-7-5-4-6-8-18)25(32)22(38-27)16-19-15-20(31(34)35)9-10-21(19)29-11-13-36-14-12-29/h4-10,15-16,24H,3,11-14H2,1-2H3/b22-16+/t24-/m1/s1. The number of carbonyl (C=O) groups excluding carboxylic acids is 1. The van der Waals surface area contributed by atoms with Gasteiger partial charge in [0.15, 0.2) is 4.80 Å². The van der Waals surface area contributed by atoms with Crippen LogP contribution < -0.4 is 19.8 Å². The molecule has 5 rings (SSSR count). The van der Waals surface area contributed by atoms with Crippen LogP contribution in [0.2, 0.25) is 0 Å². The molecule has 10 nitrogen and oxygen atoms in total. The third-order valence-electron chi connectivity index (χ3n) is 6.49. The summed E-state index contributed by atoms with van der Waals surface area (Å²) in [5.74, 6) is -0.523. The number of hydrogen-bond donors (Lipinski definition) is 0. The summed E-state index contributed by atoms with van der Waals surface area (Å²) in [5.41, 5.74) is 2.48. The molecule has 2 aliphatic rings. The number of morpholine rings is 1. The van der Waals surface area contributed by atoms with Crippen molar-refractivity contribution in [2.24, 2.45) is 4.99 Å². The lowest BCUT2D eigenvalue weighted by molar-refractivity contribution is -0.384. The molecule has 2 aromatic carbocycles. The Morgan fingerprint density at radius 1 is 1.24 bits per heavy atom. The smallest absolute Gasteiger partial charge is 0.338 e. The molecule has 1 saturated heterocycles. The minimum absolute atomic E-state index is 0.0661. The number of esters is 1. The number of nitro groups is 1. The number of fused-ring (bicyclic) bond motifs is 1. The number of non-ortho nitro benzene ring substituents is 1. The van der Waals surface area contributed by atoms with Crippen LogP contribution in [-0.4, -0.2) is 48.4 Å². The van der Waals surface area contributed by atoms with Crippen LogP contribution in [0.4, 0.5) is 11.4 Å². The number of carbonyl (C=O) groups is 1. The lowest BCUT2D eigenvalue weighted by Crippen LogP contribution is -2.40. The fourth-order valence-corrected chi connectivity index (χ4v) is 5.78. The maximum absolute atomic E-state index is 13.9. The van der Waals surface area contributed by atoms with E-state index in [1.807, 2.05) is 30.3 Å². The molecular formula is C27H26N4O6S. The number of ether oxygens (including phenoxy) is 2. The first kappa shape index (κ1) is 25.6.